The van der Waals surface area contributed by atoms with Gasteiger partial charge in [0.15, 0.2) is 0 Å². The van der Waals surface area contributed by atoms with E-state index in [2.05, 4.69) is 15.0 Å². The van der Waals surface area contributed by atoms with E-state index >= 15 is 0 Å². The van der Waals surface area contributed by atoms with Crippen LogP contribution in [-0.2, 0) is 10.0 Å². The Kier molecular flexibility index (Phi) is 2.72. The summed E-state index contributed by atoms with van der Waals surface area (Å²) >= 11 is 0. The number of H-pyrrole nitrogens is 1. The smallest absolute Gasteiger partial charge is 0.213 e. The SMILES string of the molecule is Cc1nc(N2CC[C@H](S(N)(=O)=O)C2)c2cc[nH]c2n1. The highest BCUT2D eigenvalue weighted by molar-refractivity contribution is 7.89. The number of nitrogens with two attached hydrogens (primary N) is 1. The van der Waals surface area contributed by atoms with E-state index in [1.807, 2.05) is 17.9 Å². The van der Waals surface area contributed by atoms with Gasteiger partial charge in [0.2, 0.25) is 10.0 Å². The topological polar surface area (TPSA) is 105 Å². The van der Waals surface area contributed by atoms with Crippen LogP contribution in [0, 0.1) is 6.92 Å². The first-order valence-corrected chi connectivity index (χ1v) is 7.64. The number of fused-ring (bicyclic) bond motifs is 1. The van der Waals surface area contributed by atoms with E-state index in [0.717, 1.165) is 16.9 Å². The lowest BCUT2D eigenvalue weighted by molar-refractivity contribution is 0.585. The van der Waals surface area contributed by atoms with Crippen molar-refractivity contribution in [2.75, 3.05) is 18.0 Å². The molecule has 19 heavy (non-hydrogen) atoms. The molecule has 8 heteroatoms. The fraction of sp³-hybridized carbons (Fsp3) is 0.455. The van der Waals surface area contributed by atoms with Crippen molar-refractivity contribution in [2.45, 2.75) is 18.6 Å². The standard InChI is InChI=1S/C11H15N5O2S/c1-7-14-10-9(2-4-13-10)11(15-7)16-5-3-8(6-16)19(12,17)18/h2,4,8H,3,5-6H2,1H3,(H2,12,17,18)(H,13,14,15)/t8-/m0/s1. The van der Waals surface area contributed by atoms with Crippen LogP contribution in [0.3, 0.4) is 0 Å². The number of primary sulfonamides is 1. The molecule has 0 saturated carbocycles. The van der Waals surface area contributed by atoms with Crippen LogP contribution in [0.2, 0.25) is 0 Å². The molecule has 0 radical (unpaired) electrons. The van der Waals surface area contributed by atoms with E-state index in [-0.39, 0.29) is 0 Å². The molecule has 0 bridgehead atoms. The molecule has 0 unspecified atom stereocenters. The van der Waals surface area contributed by atoms with Crippen LogP contribution in [0.25, 0.3) is 11.0 Å². The van der Waals surface area contributed by atoms with Crippen molar-refractivity contribution >= 4 is 26.9 Å². The van der Waals surface area contributed by atoms with Gasteiger partial charge in [-0.15, -0.1) is 0 Å². The van der Waals surface area contributed by atoms with Crippen molar-refractivity contribution in [3.8, 4) is 0 Å². The molecule has 3 rings (SSSR count). The van der Waals surface area contributed by atoms with Crippen molar-refractivity contribution in [3.05, 3.63) is 18.1 Å². The molecular formula is C11H15N5O2S. The number of nitrogens with one attached hydrogen (secondary N) is 1. The summed E-state index contributed by atoms with van der Waals surface area (Å²) in [6.45, 7) is 2.84. The molecule has 2 aromatic rings. The fourth-order valence-electron chi connectivity index (χ4n) is 2.46. The van der Waals surface area contributed by atoms with Crippen molar-refractivity contribution in [1.29, 1.82) is 0 Å². The normalized spacial score (nSPS) is 20.3. The second-order valence-corrected chi connectivity index (χ2v) is 6.62. The van der Waals surface area contributed by atoms with Crippen LogP contribution in [0.15, 0.2) is 12.3 Å². The lowest BCUT2D eigenvalue weighted by Gasteiger charge is -2.18. The van der Waals surface area contributed by atoms with Gasteiger partial charge in [-0.1, -0.05) is 0 Å². The predicted octanol–water partition coefficient (Wildman–Crippen LogP) is 0.134. The number of hydrogen-bond donors (Lipinski definition) is 2. The lowest BCUT2D eigenvalue weighted by Crippen LogP contribution is -2.32. The monoisotopic (exact) mass is 281 g/mol. The van der Waals surface area contributed by atoms with Gasteiger partial charge < -0.3 is 9.88 Å². The van der Waals surface area contributed by atoms with Crippen LogP contribution in [0.5, 0.6) is 0 Å². The molecule has 0 aliphatic carbocycles. The van der Waals surface area contributed by atoms with Gasteiger partial charge in [0, 0.05) is 19.3 Å². The van der Waals surface area contributed by atoms with E-state index in [0.29, 0.717) is 25.3 Å². The Morgan fingerprint density at radius 1 is 1.47 bits per heavy atom. The average molecular weight is 281 g/mol. The lowest BCUT2D eigenvalue weighted by atomic mass is 10.3. The molecule has 1 saturated heterocycles. The Morgan fingerprint density at radius 2 is 2.26 bits per heavy atom. The van der Waals surface area contributed by atoms with E-state index in [1.165, 1.54) is 0 Å². The van der Waals surface area contributed by atoms with Crippen LogP contribution < -0.4 is 10.0 Å². The Labute approximate surface area is 110 Å². The number of anilines is 1. The molecule has 1 aliphatic rings. The second-order valence-electron chi connectivity index (χ2n) is 4.78. The van der Waals surface area contributed by atoms with Crippen molar-refractivity contribution in [1.82, 2.24) is 15.0 Å². The number of aryl methyl sites for hydroxylation is 1. The molecule has 102 valence electrons. The number of hydrogen-bond acceptors (Lipinski definition) is 5. The molecule has 1 fully saturated rings. The molecule has 1 aliphatic heterocycles. The number of nitrogens with zero attached hydrogens (tertiary/aromatic N) is 3. The summed E-state index contributed by atoms with van der Waals surface area (Å²) in [6.07, 6.45) is 2.34. The molecule has 3 heterocycles. The minimum Gasteiger partial charge on any atom is -0.355 e. The van der Waals surface area contributed by atoms with Crippen LogP contribution in [0.1, 0.15) is 12.2 Å². The highest BCUT2D eigenvalue weighted by atomic mass is 32.2. The van der Waals surface area contributed by atoms with Crippen LogP contribution in [-0.4, -0.2) is 41.7 Å². The number of aromatic nitrogens is 3. The average Bonchev–Trinajstić information content (AvgIpc) is 2.94. The van der Waals surface area contributed by atoms with Crippen molar-refractivity contribution < 1.29 is 8.42 Å². The third-order valence-corrected chi connectivity index (χ3v) is 4.73. The first-order valence-electron chi connectivity index (χ1n) is 6.03. The maximum absolute atomic E-state index is 11.4. The van der Waals surface area contributed by atoms with Gasteiger partial charge in [-0.3, -0.25) is 0 Å². The van der Waals surface area contributed by atoms with E-state index in [4.69, 9.17) is 5.14 Å². The molecule has 0 amide bonds. The number of aromatic amines is 1. The maximum atomic E-state index is 11.4. The van der Waals surface area contributed by atoms with Gasteiger partial charge in [0.25, 0.3) is 0 Å². The largest absolute Gasteiger partial charge is 0.355 e. The molecule has 3 N–H and O–H groups in total. The second kappa shape index (κ2) is 4.17. The van der Waals surface area contributed by atoms with Gasteiger partial charge in [-0.2, -0.15) is 0 Å². The maximum Gasteiger partial charge on any atom is 0.213 e. The van der Waals surface area contributed by atoms with E-state index in [9.17, 15) is 8.42 Å². The Bertz CT molecular complexity index is 724. The summed E-state index contributed by atoms with van der Waals surface area (Å²) in [5.41, 5.74) is 0.765. The van der Waals surface area contributed by atoms with Crippen molar-refractivity contribution in [3.63, 3.8) is 0 Å². The van der Waals surface area contributed by atoms with Gasteiger partial charge in [0.05, 0.1) is 10.6 Å². The molecule has 0 aromatic carbocycles. The van der Waals surface area contributed by atoms with Gasteiger partial charge in [-0.05, 0) is 19.4 Å². The molecular weight excluding hydrogens is 266 g/mol. The molecule has 0 spiro atoms. The Hall–Kier alpha value is -1.67. The van der Waals surface area contributed by atoms with Crippen LogP contribution >= 0.6 is 0 Å². The minimum absolute atomic E-state index is 0.384. The summed E-state index contributed by atoms with van der Waals surface area (Å²) in [5.74, 6) is 1.43. The molecule has 2 aromatic heterocycles. The van der Waals surface area contributed by atoms with Gasteiger partial charge in [-0.25, -0.2) is 23.5 Å². The molecule has 7 nitrogen and oxygen atoms in total. The fourth-order valence-corrected chi connectivity index (χ4v) is 3.29. The Morgan fingerprint density at radius 3 is 2.95 bits per heavy atom. The summed E-state index contributed by atoms with van der Waals surface area (Å²) in [7, 11) is -3.49. The zero-order chi connectivity index (χ0) is 13.6. The zero-order valence-electron chi connectivity index (χ0n) is 10.5. The summed E-state index contributed by atoms with van der Waals surface area (Å²) in [4.78, 5) is 13.7. The first kappa shape index (κ1) is 12.4. The number of sulfonamides is 1. The van der Waals surface area contributed by atoms with Crippen molar-refractivity contribution in [2.24, 2.45) is 5.14 Å². The van der Waals surface area contributed by atoms with Gasteiger partial charge in [0.1, 0.15) is 17.3 Å². The summed E-state index contributed by atoms with van der Waals surface area (Å²) in [5, 5.41) is 5.60. The Balaban J connectivity index is 2.00. The first-order chi connectivity index (χ1) is 8.95. The molecule has 1 atom stereocenters. The highest BCUT2D eigenvalue weighted by Crippen LogP contribution is 2.27. The van der Waals surface area contributed by atoms with Crippen LogP contribution in [0.4, 0.5) is 5.82 Å². The zero-order valence-corrected chi connectivity index (χ0v) is 11.3. The highest BCUT2D eigenvalue weighted by Gasteiger charge is 2.32. The third kappa shape index (κ3) is 2.17. The quantitative estimate of drug-likeness (QED) is 0.814. The number of rotatable bonds is 2. The third-order valence-electron chi connectivity index (χ3n) is 3.42. The minimum atomic E-state index is -3.49. The van der Waals surface area contributed by atoms with E-state index in [1.54, 1.807) is 6.20 Å². The predicted molar refractivity (Wildman–Crippen MR) is 72.4 cm³/mol. The summed E-state index contributed by atoms with van der Waals surface area (Å²) in [6, 6.07) is 1.90. The summed E-state index contributed by atoms with van der Waals surface area (Å²) < 4.78 is 22.8. The van der Waals surface area contributed by atoms with Gasteiger partial charge >= 0.3 is 0 Å². The van der Waals surface area contributed by atoms with E-state index < -0.39 is 15.3 Å².